The number of nitrogens with zero attached hydrogens (tertiary/aromatic N) is 2. The van der Waals surface area contributed by atoms with Gasteiger partial charge in [-0.3, -0.25) is 34.2 Å². The van der Waals surface area contributed by atoms with E-state index >= 15 is 0 Å². The zero-order valence-electron chi connectivity index (χ0n) is 24.9. The number of fused-ring (bicyclic) bond motifs is 9. The molecule has 11 nitrogen and oxygen atoms in total. The molecule has 2 saturated carbocycles. The molecule has 8 rings (SSSR count). The maximum atomic E-state index is 14.1. The molecule has 49 heavy (non-hydrogen) atoms. The number of halogens is 3. The first-order valence-corrected chi connectivity index (χ1v) is 18.0. The molecule has 3 amide bonds. The molecule has 4 aromatic rings. The van der Waals surface area contributed by atoms with Gasteiger partial charge in [0, 0.05) is 44.5 Å². The fourth-order valence-electron chi connectivity index (χ4n) is 8.15. The molecule has 2 bridgehead atoms. The van der Waals surface area contributed by atoms with Crippen molar-refractivity contribution in [3.05, 3.63) is 106 Å². The number of ether oxygens (including phenoxy) is 1. The van der Waals surface area contributed by atoms with Crippen LogP contribution < -0.4 is 19.8 Å². The largest absolute Gasteiger partial charge is 0.483 e. The Kier molecular flexibility index (Phi) is 8.03. The maximum absolute atomic E-state index is 14.1. The fourth-order valence-corrected chi connectivity index (χ4v) is 11.5. The molecule has 0 radical (unpaired) electrons. The van der Waals surface area contributed by atoms with E-state index in [1.54, 1.807) is 30.3 Å². The number of hydrogen-bond acceptors (Lipinski definition) is 9. The zero-order valence-corrected chi connectivity index (χ0v) is 28.8. The second kappa shape index (κ2) is 12.2. The number of carbonyl (C=O) groups is 3. The van der Waals surface area contributed by atoms with Gasteiger partial charge in [-0.2, -0.15) is 0 Å². The number of nitro groups is 1. The molecule has 3 heterocycles. The number of aromatic nitrogens is 1. The summed E-state index contributed by atoms with van der Waals surface area (Å²) in [6, 6.07) is 15.3. The van der Waals surface area contributed by atoms with Crippen molar-refractivity contribution < 1.29 is 24.0 Å². The Morgan fingerprint density at radius 2 is 1.71 bits per heavy atom. The smallest absolute Gasteiger partial charge is 0.305 e. The Hall–Kier alpha value is -3.88. The van der Waals surface area contributed by atoms with E-state index in [0.29, 0.717) is 44.2 Å². The third-order valence-corrected chi connectivity index (χ3v) is 13.5. The first-order valence-electron chi connectivity index (χ1n) is 15.2. The lowest BCUT2D eigenvalue weighted by Crippen LogP contribution is -2.42. The van der Waals surface area contributed by atoms with Crippen LogP contribution >= 0.6 is 57.9 Å². The fraction of sp³-hybridized carbons (Fsp3) is 0.273. The highest BCUT2D eigenvalue weighted by Crippen LogP contribution is 2.69. The van der Waals surface area contributed by atoms with Gasteiger partial charge in [0.05, 0.1) is 37.5 Å². The first-order chi connectivity index (χ1) is 23.5. The van der Waals surface area contributed by atoms with Gasteiger partial charge in [0.25, 0.3) is 11.6 Å². The van der Waals surface area contributed by atoms with Crippen LogP contribution in [0.4, 0.5) is 17.1 Å². The number of rotatable bonds is 7. The lowest BCUT2D eigenvalue weighted by Gasteiger charge is -2.43. The van der Waals surface area contributed by atoms with E-state index in [1.807, 2.05) is 0 Å². The van der Waals surface area contributed by atoms with Crippen LogP contribution in [0.2, 0.25) is 15.1 Å². The van der Waals surface area contributed by atoms with Crippen LogP contribution in [0.25, 0.3) is 0 Å². The molecule has 2 aliphatic carbocycles. The third kappa shape index (κ3) is 5.34. The van der Waals surface area contributed by atoms with E-state index in [-0.39, 0.29) is 57.0 Å². The van der Waals surface area contributed by atoms with Gasteiger partial charge in [0.1, 0.15) is 5.75 Å². The van der Waals surface area contributed by atoms with Crippen molar-refractivity contribution in [2.75, 3.05) is 16.8 Å². The number of amides is 3. The highest BCUT2D eigenvalue weighted by molar-refractivity contribution is 8.00. The number of anilines is 2. The van der Waals surface area contributed by atoms with E-state index in [0.717, 1.165) is 16.2 Å². The van der Waals surface area contributed by atoms with E-state index in [4.69, 9.17) is 39.5 Å². The molecule has 250 valence electrons. The number of H-pyrrole nitrogens is 1. The minimum atomic E-state index is -0.588. The van der Waals surface area contributed by atoms with Crippen molar-refractivity contribution in [1.82, 2.24) is 4.98 Å². The molecule has 2 aliphatic heterocycles. The summed E-state index contributed by atoms with van der Waals surface area (Å²) in [7, 11) is 0. The van der Waals surface area contributed by atoms with Crippen LogP contribution in [-0.4, -0.2) is 39.5 Å². The molecule has 0 spiro atoms. The van der Waals surface area contributed by atoms with Crippen molar-refractivity contribution >= 4 is 92.7 Å². The van der Waals surface area contributed by atoms with Gasteiger partial charge in [-0.1, -0.05) is 46.1 Å². The summed E-state index contributed by atoms with van der Waals surface area (Å²) >= 11 is 21.3. The van der Waals surface area contributed by atoms with Gasteiger partial charge in [-0.25, -0.2) is 0 Å². The van der Waals surface area contributed by atoms with E-state index < -0.39 is 28.6 Å². The Balaban J connectivity index is 1.12. The van der Waals surface area contributed by atoms with Gasteiger partial charge < -0.3 is 15.0 Å². The number of imide groups is 1. The summed E-state index contributed by atoms with van der Waals surface area (Å²) in [5.41, 5.74) is 1.28. The Labute approximate surface area is 301 Å². The number of thioether (sulfide) groups is 1. The lowest BCUT2D eigenvalue weighted by atomic mass is 9.68. The summed E-state index contributed by atoms with van der Waals surface area (Å²) in [6.07, 6.45) is 0.654. The van der Waals surface area contributed by atoms with Crippen molar-refractivity contribution in [3.8, 4) is 5.75 Å². The standard InChI is InChI=1S/C33H23Cl3N4O7S2/c34-13-1-8-22(47-12-23(41)37-14-2-7-20(35)21(36)10-14)17(9-13)24-25-18-11-19(28(25)48-30-29(24)49-33(44)38-30)27-26(18)31(42)39(32(27)43)15-3-5-16(6-4-15)40(45)46/h1-10,18-19,24-28H,11-12H2,(H,37,41)(H,38,44)/t18?,19?,24-,25?,26?,27?,28?/m1/s1. The molecular formula is C33H23Cl3N4O7S2. The second-order valence-corrected chi connectivity index (χ2v) is 15.8. The van der Waals surface area contributed by atoms with Crippen LogP contribution in [0.5, 0.6) is 5.75 Å². The Morgan fingerprint density at radius 1 is 0.980 bits per heavy atom. The Morgan fingerprint density at radius 3 is 2.43 bits per heavy atom. The van der Waals surface area contributed by atoms with Crippen LogP contribution in [0, 0.1) is 39.7 Å². The lowest BCUT2D eigenvalue weighted by molar-refractivity contribution is -0.384. The molecule has 1 aromatic heterocycles. The highest BCUT2D eigenvalue weighted by Gasteiger charge is 2.70. The average molecular weight is 758 g/mol. The van der Waals surface area contributed by atoms with Gasteiger partial charge in [-0.05, 0) is 72.7 Å². The topological polar surface area (TPSA) is 152 Å². The van der Waals surface area contributed by atoms with E-state index in [2.05, 4.69) is 10.3 Å². The number of nitro benzene ring substituents is 1. The number of carbonyl (C=O) groups excluding carboxylic acids is 3. The zero-order chi connectivity index (χ0) is 34.3. The van der Waals surface area contributed by atoms with E-state index in [1.165, 1.54) is 47.0 Å². The molecule has 3 fully saturated rings. The quantitative estimate of drug-likeness (QED) is 0.116. The van der Waals surface area contributed by atoms with Gasteiger partial charge in [0.2, 0.25) is 11.8 Å². The monoisotopic (exact) mass is 756 g/mol. The molecule has 7 atom stereocenters. The molecule has 4 aliphatic rings. The predicted molar refractivity (Wildman–Crippen MR) is 186 cm³/mol. The average Bonchev–Trinajstić information content (AvgIpc) is 3.81. The van der Waals surface area contributed by atoms with Crippen molar-refractivity contribution in [3.63, 3.8) is 0 Å². The van der Waals surface area contributed by atoms with Gasteiger partial charge in [0.15, 0.2) is 6.61 Å². The summed E-state index contributed by atoms with van der Waals surface area (Å²) in [5.74, 6) is -2.73. The molecular weight excluding hydrogens is 735 g/mol. The van der Waals surface area contributed by atoms with Gasteiger partial charge in [-0.15, -0.1) is 11.8 Å². The molecule has 16 heteroatoms. The number of aromatic amines is 1. The van der Waals surface area contributed by atoms with Crippen LogP contribution in [0.3, 0.4) is 0 Å². The van der Waals surface area contributed by atoms with Crippen molar-refractivity contribution in [2.24, 2.45) is 29.6 Å². The number of nitrogens with one attached hydrogen (secondary N) is 2. The van der Waals surface area contributed by atoms with Crippen LogP contribution in [0.1, 0.15) is 22.8 Å². The first kappa shape index (κ1) is 32.3. The molecule has 1 saturated heterocycles. The van der Waals surface area contributed by atoms with Crippen molar-refractivity contribution in [1.29, 1.82) is 0 Å². The summed E-state index contributed by atoms with van der Waals surface area (Å²) < 4.78 is 6.11. The summed E-state index contributed by atoms with van der Waals surface area (Å²) in [6.45, 7) is -0.339. The predicted octanol–water partition coefficient (Wildman–Crippen LogP) is 7.00. The molecule has 2 N–H and O–H groups in total. The highest BCUT2D eigenvalue weighted by atomic mass is 35.5. The van der Waals surface area contributed by atoms with Crippen LogP contribution in [-0.2, 0) is 14.4 Å². The van der Waals surface area contributed by atoms with Gasteiger partial charge >= 0.3 is 4.87 Å². The number of hydrogen-bond donors (Lipinski definition) is 2. The second-order valence-electron chi connectivity index (χ2n) is 12.4. The molecule has 3 aromatic carbocycles. The maximum Gasteiger partial charge on any atom is 0.305 e. The Bertz CT molecular complexity index is 2140. The minimum absolute atomic E-state index is 0.104. The minimum Gasteiger partial charge on any atom is -0.483 e. The van der Waals surface area contributed by atoms with Crippen molar-refractivity contribution in [2.45, 2.75) is 22.6 Å². The molecule has 6 unspecified atom stereocenters. The number of non-ortho nitro benzene ring substituents is 1. The summed E-state index contributed by atoms with van der Waals surface area (Å²) in [5, 5.41) is 15.6. The number of thiazole rings is 1. The normalized spacial score (nSPS) is 26.3. The van der Waals surface area contributed by atoms with Crippen LogP contribution in [0.15, 0.2) is 70.5 Å². The SMILES string of the molecule is O=C(COc1ccc(Cl)cc1[C@H]1c2sc(=O)[nH]c2SC2C3CC(C4C(=O)N(c5ccc([N+](=O)[O-])cc5)C(=O)C34)C21)Nc1ccc(Cl)c(Cl)c1. The number of benzene rings is 3. The summed E-state index contributed by atoms with van der Waals surface area (Å²) in [4.78, 5) is 69.0. The van der Waals surface area contributed by atoms with E-state index in [9.17, 15) is 29.3 Å². The third-order valence-electron chi connectivity index (χ3n) is 9.91.